The fraction of sp³-hybridized carbons (Fsp3) is 0.188. The summed E-state index contributed by atoms with van der Waals surface area (Å²) in [6.45, 7) is 3.65. The van der Waals surface area contributed by atoms with Gasteiger partial charge in [-0.15, -0.1) is 0 Å². The van der Waals surface area contributed by atoms with Gasteiger partial charge in [-0.1, -0.05) is 39.7 Å². The molecule has 1 N–H and O–H groups in total. The zero-order chi connectivity index (χ0) is 15.4. The van der Waals surface area contributed by atoms with Crippen LogP contribution in [0.5, 0.6) is 5.75 Å². The van der Waals surface area contributed by atoms with E-state index in [1.165, 1.54) is 0 Å². The standard InChI is InChI=1S/C16H15BrClNO2/c1-10-9-12(7-8-13(10)17)19-16(20)11(2)21-15-6-4-3-5-14(15)18/h3-9,11H,1-2H3,(H,19,20)/t11-/m1/s1. The Morgan fingerprint density at radius 2 is 2.00 bits per heavy atom. The van der Waals surface area contributed by atoms with Crippen molar-refractivity contribution in [3.8, 4) is 5.75 Å². The molecule has 3 nitrogen and oxygen atoms in total. The summed E-state index contributed by atoms with van der Waals surface area (Å²) in [6.07, 6.45) is -0.645. The Kier molecular flexibility index (Phi) is 5.26. The van der Waals surface area contributed by atoms with Gasteiger partial charge < -0.3 is 10.1 Å². The second-order valence-electron chi connectivity index (χ2n) is 4.64. The maximum atomic E-state index is 12.1. The van der Waals surface area contributed by atoms with E-state index in [2.05, 4.69) is 21.2 Å². The minimum absolute atomic E-state index is 0.225. The molecule has 2 rings (SSSR count). The summed E-state index contributed by atoms with van der Waals surface area (Å²) in [5, 5.41) is 3.30. The van der Waals surface area contributed by atoms with E-state index in [1.807, 2.05) is 37.3 Å². The van der Waals surface area contributed by atoms with Gasteiger partial charge in [0.1, 0.15) is 5.75 Å². The maximum Gasteiger partial charge on any atom is 0.265 e. The van der Waals surface area contributed by atoms with E-state index in [0.29, 0.717) is 10.8 Å². The molecule has 0 bridgehead atoms. The number of para-hydroxylation sites is 1. The van der Waals surface area contributed by atoms with E-state index in [9.17, 15) is 4.79 Å². The van der Waals surface area contributed by atoms with Gasteiger partial charge in [-0.2, -0.15) is 0 Å². The third-order valence-corrected chi connectivity index (χ3v) is 4.14. The van der Waals surface area contributed by atoms with Crippen LogP contribution in [0.1, 0.15) is 12.5 Å². The summed E-state index contributed by atoms with van der Waals surface area (Å²) in [7, 11) is 0. The number of hydrogen-bond donors (Lipinski definition) is 1. The first-order valence-corrected chi connectivity index (χ1v) is 7.62. The molecule has 5 heteroatoms. The van der Waals surface area contributed by atoms with Crippen molar-refractivity contribution < 1.29 is 9.53 Å². The van der Waals surface area contributed by atoms with E-state index in [1.54, 1.807) is 19.1 Å². The van der Waals surface area contributed by atoms with Gasteiger partial charge in [0, 0.05) is 10.2 Å². The second-order valence-corrected chi connectivity index (χ2v) is 5.91. The van der Waals surface area contributed by atoms with Crippen LogP contribution in [0.25, 0.3) is 0 Å². The largest absolute Gasteiger partial charge is 0.479 e. The van der Waals surface area contributed by atoms with Crippen LogP contribution in [0.4, 0.5) is 5.69 Å². The van der Waals surface area contributed by atoms with Crippen LogP contribution in [-0.4, -0.2) is 12.0 Å². The van der Waals surface area contributed by atoms with Crippen molar-refractivity contribution in [1.82, 2.24) is 0 Å². The first-order chi connectivity index (χ1) is 9.97. The van der Waals surface area contributed by atoms with Crippen molar-refractivity contribution in [3.05, 3.63) is 57.5 Å². The van der Waals surface area contributed by atoms with Gasteiger partial charge in [-0.05, 0) is 49.7 Å². The van der Waals surface area contributed by atoms with Crippen molar-refractivity contribution in [2.75, 3.05) is 5.32 Å². The Morgan fingerprint density at radius 3 is 2.67 bits per heavy atom. The van der Waals surface area contributed by atoms with Gasteiger partial charge in [0.25, 0.3) is 5.91 Å². The molecule has 0 aliphatic rings. The Balaban J connectivity index is 2.02. The molecule has 0 unspecified atom stereocenters. The molecule has 0 aliphatic carbocycles. The molecule has 0 fully saturated rings. The highest BCUT2D eigenvalue weighted by atomic mass is 79.9. The summed E-state index contributed by atoms with van der Waals surface area (Å²) in [6, 6.07) is 12.7. The van der Waals surface area contributed by atoms with Crippen molar-refractivity contribution in [3.63, 3.8) is 0 Å². The number of aryl methyl sites for hydroxylation is 1. The van der Waals surface area contributed by atoms with Gasteiger partial charge in [0.05, 0.1) is 5.02 Å². The Morgan fingerprint density at radius 1 is 1.29 bits per heavy atom. The molecule has 0 heterocycles. The molecule has 0 spiro atoms. The normalized spacial score (nSPS) is 11.8. The van der Waals surface area contributed by atoms with E-state index in [-0.39, 0.29) is 5.91 Å². The Hall–Kier alpha value is -1.52. The SMILES string of the molecule is Cc1cc(NC(=O)[C@@H](C)Oc2ccccc2Cl)ccc1Br. The molecular formula is C16H15BrClNO2. The zero-order valence-electron chi connectivity index (χ0n) is 11.7. The summed E-state index contributed by atoms with van der Waals surface area (Å²) in [4.78, 5) is 12.1. The quantitative estimate of drug-likeness (QED) is 0.840. The summed E-state index contributed by atoms with van der Waals surface area (Å²) < 4.78 is 6.58. The maximum absolute atomic E-state index is 12.1. The number of halogens is 2. The molecule has 0 aliphatic heterocycles. The first kappa shape index (κ1) is 15.9. The van der Waals surface area contributed by atoms with E-state index in [0.717, 1.165) is 15.7 Å². The van der Waals surface area contributed by atoms with Crippen molar-refractivity contribution in [1.29, 1.82) is 0 Å². The highest BCUT2D eigenvalue weighted by molar-refractivity contribution is 9.10. The number of benzene rings is 2. The molecule has 2 aromatic carbocycles. The predicted octanol–water partition coefficient (Wildman–Crippen LogP) is 4.82. The highest BCUT2D eigenvalue weighted by Gasteiger charge is 2.16. The summed E-state index contributed by atoms with van der Waals surface area (Å²) in [5.74, 6) is 0.269. The topological polar surface area (TPSA) is 38.3 Å². The third-order valence-electron chi connectivity index (χ3n) is 2.94. The van der Waals surface area contributed by atoms with E-state index < -0.39 is 6.10 Å². The molecular weight excluding hydrogens is 354 g/mol. The van der Waals surface area contributed by atoms with Crippen LogP contribution in [-0.2, 0) is 4.79 Å². The van der Waals surface area contributed by atoms with Crippen molar-refractivity contribution >= 4 is 39.1 Å². The zero-order valence-corrected chi connectivity index (χ0v) is 14.0. The van der Waals surface area contributed by atoms with Crippen molar-refractivity contribution in [2.45, 2.75) is 20.0 Å². The lowest BCUT2D eigenvalue weighted by Crippen LogP contribution is -2.30. The van der Waals surface area contributed by atoms with Crippen LogP contribution in [0.2, 0.25) is 5.02 Å². The Labute approximate surface area is 137 Å². The lowest BCUT2D eigenvalue weighted by atomic mass is 10.2. The Bertz CT molecular complexity index is 660. The average molecular weight is 369 g/mol. The molecule has 2 aromatic rings. The van der Waals surface area contributed by atoms with Gasteiger partial charge >= 0.3 is 0 Å². The fourth-order valence-corrected chi connectivity index (χ4v) is 2.18. The first-order valence-electron chi connectivity index (χ1n) is 6.45. The van der Waals surface area contributed by atoms with E-state index >= 15 is 0 Å². The minimum Gasteiger partial charge on any atom is -0.479 e. The van der Waals surface area contributed by atoms with E-state index in [4.69, 9.17) is 16.3 Å². The highest BCUT2D eigenvalue weighted by Crippen LogP contribution is 2.25. The summed E-state index contributed by atoms with van der Waals surface area (Å²) in [5.41, 5.74) is 1.78. The number of hydrogen-bond acceptors (Lipinski definition) is 2. The number of rotatable bonds is 4. The van der Waals surface area contributed by atoms with Crippen LogP contribution in [0, 0.1) is 6.92 Å². The number of nitrogens with one attached hydrogen (secondary N) is 1. The number of ether oxygens (including phenoxy) is 1. The molecule has 21 heavy (non-hydrogen) atoms. The smallest absolute Gasteiger partial charge is 0.265 e. The predicted molar refractivity (Wildman–Crippen MR) is 89.1 cm³/mol. The van der Waals surface area contributed by atoms with Crippen LogP contribution < -0.4 is 10.1 Å². The lowest BCUT2D eigenvalue weighted by Gasteiger charge is -2.16. The lowest BCUT2D eigenvalue weighted by molar-refractivity contribution is -0.122. The molecule has 0 saturated carbocycles. The van der Waals surface area contributed by atoms with Gasteiger partial charge in [0.2, 0.25) is 0 Å². The molecule has 1 atom stereocenters. The molecule has 1 amide bonds. The number of carbonyl (C=O) groups excluding carboxylic acids is 1. The van der Waals surface area contributed by atoms with Crippen molar-refractivity contribution in [2.24, 2.45) is 0 Å². The van der Waals surface area contributed by atoms with Gasteiger partial charge in [-0.25, -0.2) is 0 Å². The minimum atomic E-state index is -0.645. The molecule has 0 radical (unpaired) electrons. The van der Waals surface area contributed by atoms with Gasteiger partial charge in [-0.3, -0.25) is 4.79 Å². The summed E-state index contributed by atoms with van der Waals surface area (Å²) >= 11 is 9.43. The number of anilines is 1. The van der Waals surface area contributed by atoms with Crippen LogP contribution in [0.15, 0.2) is 46.9 Å². The molecule has 110 valence electrons. The third kappa shape index (κ3) is 4.22. The average Bonchev–Trinajstić information content (AvgIpc) is 2.45. The monoisotopic (exact) mass is 367 g/mol. The van der Waals surface area contributed by atoms with Gasteiger partial charge in [0.15, 0.2) is 6.10 Å². The number of amides is 1. The molecule has 0 aromatic heterocycles. The molecule has 0 saturated heterocycles. The number of carbonyl (C=O) groups is 1. The second kappa shape index (κ2) is 6.96. The fourth-order valence-electron chi connectivity index (χ4n) is 1.75. The van der Waals surface area contributed by atoms with Crippen LogP contribution >= 0.6 is 27.5 Å². The van der Waals surface area contributed by atoms with Crippen LogP contribution in [0.3, 0.4) is 0 Å².